The predicted octanol–water partition coefficient (Wildman–Crippen LogP) is 3.78. The molecule has 0 aromatic heterocycles. The smallest absolute Gasteiger partial charge is 0.123 e. The fraction of sp³-hybridized carbons (Fsp3) is 0.0667. The van der Waals surface area contributed by atoms with E-state index in [9.17, 15) is 4.39 Å². The van der Waals surface area contributed by atoms with E-state index in [4.69, 9.17) is 6.42 Å². The summed E-state index contributed by atoms with van der Waals surface area (Å²) in [7, 11) is 0. The zero-order chi connectivity index (χ0) is 11.5. The van der Waals surface area contributed by atoms with E-state index < -0.39 is 0 Å². The Morgan fingerprint density at radius 3 is 2.56 bits per heavy atom. The molecule has 0 heterocycles. The highest BCUT2D eigenvalue weighted by molar-refractivity contribution is 5.68. The fourth-order valence-corrected chi connectivity index (χ4v) is 1.73. The number of aryl methyl sites for hydroxylation is 1. The Labute approximate surface area is 94.7 Å². The summed E-state index contributed by atoms with van der Waals surface area (Å²) >= 11 is 0. The molecule has 2 rings (SSSR count). The quantitative estimate of drug-likeness (QED) is 0.628. The van der Waals surface area contributed by atoms with Gasteiger partial charge in [0.1, 0.15) is 5.82 Å². The van der Waals surface area contributed by atoms with E-state index >= 15 is 0 Å². The minimum atomic E-state index is -0.224. The number of rotatable bonds is 1. The van der Waals surface area contributed by atoms with Crippen LogP contribution in [-0.2, 0) is 0 Å². The highest BCUT2D eigenvalue weighted by atomic mass is 19.1. The highest BCUT2D eigenvalue weighted by Crippen LogP contribution is 2.24. The Hall–Kier alpha value is -2.07. The minimum Gasteiger partial charge on any atom is -0.207 e. The first-order chi connectivity index (χ1) is 7.70. The number of hydrogen-bond acceptors (Lipinski definition) is 0. The van der Waals surface area contributed by atoms with Crippen LogP contribution in [0.2, 0.25) is 0 Å². The summed E-state index contributed by atoms with van der Waals surface area (Å²) in [6.45, 7) is 1.97. The van der Waals surface area contributed by atoms with Gasteiger partial charge in [0.05, 0.1) is 0 Å². The Morgan fingerprint density at radius 1 is 1.12 bits per heavy atom. The second-order valence-electron chi connectivity index (χ2n) is 3.68. The molecular formula is C15H11F. The lowest BCUT2D eigenvalue weighted by Crippen LogP contribution is -1.86. The van der Waals surface area contributed by atoms with Crippen molar-refractivity contribution in [1.29, 1.82) is 0 Å². The standard InChI is InChI=1S/C15H11F/c1-3-12-7-8-15(11(2)9-12)13-5-4-6-14(16)10-13/h1,4-10H,2H3. The number of hydrogen-bond donors (Lipinski definition) is 0. The van der Waals surface area contributed by atoms with Crippen molar-refractivity contribution in [2.24, 2.45) is 0 Å². The SMILES string of the molecule is C#Cc1ccc(-c2cccc(F)c2)c(C)c1. The van der Waals surface area contributed by atoms with Gasteiger partial charge >= 0.3 is 0 Å². The Kier molecular flexibility index (Phi) is 2.74. The van der Waals surface area contributed by atoms with Gasteiger partial charge < -0.3 is 0 Å². The average molecular weight is 210 g/mol. The summed E-state index contributed by atoms with van der Waals surface area (Å²) in [6, 6.07) is 12.3. The lowest BCUT2D eigenvalue weighted by molar-refractivity contribution is 0.628. The summed E-state index contributed by atoms with van der Waals surface area (Å²) in [5.41, 5.74) is 3.79. The van der Waals surface area contributed by atoms with Crippen LogP contribution in [0, 0.1) is 25.1 Å². The van der Waals surface area contributed by atoms with Crippen molar-refractivity contribution in [1.82, 2.24) is 0 Å². The van der Waals surface area contributed by atoms with Gasteiger partial charge in [-0.1, -0.05) is 24.1 Å². The van der Waals surface area contributed by atoms with Gasteiger partial charge in [0.2, 0.25) is 0 Å². The second kappa shape index (κ2) is 4.20. The van der Waals surface area contributed by atoms with E-state index in [0.29, 0.717) is 0 Å². The first-order valence-corrected chi connectivity index (χ1v) is 5.04. The van der Waals surface area contributed by atoms with Gasteiger partial charge in [-0.25, -0.2) is 4.39 Å². The average Bonchev–Trinajstić information content (AvgIpc) is 2.28. The van der Waals surface area contributed by atoms with Gasteiger partial charge in [-0.3, -0.25) is 0 Å². The predicted molar refractivity (Wildman–Crippen MR) is 64.5 cm³/mol. The van der Waals surface area contributed by atoms with Gasteiger partial charge in [0.25, 0.3) is 0 Å². The maximum Gasteiger partial charge on any atom is 0.123 e. The van der Waals surface area contributed by atoms with Crippen LogP contribution >= 0.6 is 0 Å². The summed E-state index contributed by atoms with van der Waals surface area (Å²) in [6.07, 6.45) is 5.32. The van der Waals surface area contributed by atoms with E-state index in [1.165, 1.54) is 12.1 Å². The monoisotopic (exact) mass is 210 g/mol. The van der Waals surface area contributed by atoms with Crippen LogP contribution in [-0.4, -0.2) is 0 Å². The maximum atomic E-state index is 13.1. The molecular weight excluding hydrogens is 199 g/mol. The molecule has 16 heavy (non-hydrogen) atoms. The molecule has 0 amide bonds. The number of terminal acetylenes is 1. The van der Waals surface area contributed by atoms with Gasteiger partial charge in [0.15, 0.2) is 0 Å². The van der Waals surface area contributed by atoms with E-state index in [-0.39, 0.29) is 5.82 Å². The first kappa shape index (κ1) is 10.4. The van der Waals surface area contributed by atoms with Crippen LogP contribution in [0.1, 0.15) is 11.1 Å². The van der Waals surface area contributed by atoms with Gasteiger partial charge in [-0.15, -0.1) is 6.42 Å². The molecule has 0 aliphatic rings. The lowest BCUT2D eigenvalue weighted by atomic mass is 9.98. The molecule has 0 fully saturated rings. The van der Waals surface area contributed by atoms with Crippen LogP contribution in [0.4, 0.5) is 4.39 Å². The summed E-state index contributed by atoms with van der Waals surface area (Å²) in [5, 5.41) is 0. The van der Waals surface area contributed by atoms with Crippen LogP contribution < -0.4 is 0 Å². The molecule has 0 nitrogen and oxygen atoms in total. The molecule has 2 aromatic rings. The van der Waals surface area contributed by atoms with Gasteiger partial charge in [-0.05, 0) is 47.9 Å². The molecule has 1 heteroatoms. The fourth-order valence-electron chi connectivity index (χ4n) is 1.73. The van der Waals surface area contributed by atoms with Crippen molar-refractivity contribution >= 4 is 0 Å². The normalized spacial score (nSPS) is 9.81. The van der Waals surface area contributed by atoms with Crippen LogP contribution in [0.3, 0.4) is 0 Å². The summed E-state index contributed by atoms with van der Waals surface area (Å²) in [4.78, 5) is 0. The molecule has 0 saturated carbocycles. The molecule has 0 unspecified atom stereocenters. The zero-order valence-corrected chi connectivity index (χ0v) is 9.00. The lowest BCUT2D eigenvalue weighted by Gasteiger charge is -2.06. The molecule has 0 aliphatic carbocycles. The van der Waals surface area contributed by atoms with Gasteiger partial charge in [-0.2, -0.15) is 0 Å². The van der Waals surface area contributed by atoms with Crippen molar-refractivity contribution in [3.8, 4) is 23.5 Å². The first-order valence-electron chi connectivity index (χ1n) is 5.04. The Bertz CT molecular complexity index is 562. The topological polar surface area (TPSA) is 0 Å². The summed E-state index contributed by atoms with van der Waals surface area (Å²) < 4.78 is 13.1. The van der Waals surface area contributed by atoms with Crippen molar-refractivity contribution in [3.05, 3.63) is 59.4 Å². The molecule has 0 saturated heterocycles. The van der Waals surface area contributed by atoms with E-state index in [0.717, 1.165) is 22.3 Å². The molecule has 0 N–H and O–H groups in total. The minimum absolute atomic E-state index is 0.224. The Morgan fingerprint density at radius 2 is 1.94 bits per heavy atom. The largest absolute Gasteiger partial charge is 0.207 e. The molecule has 0 radical (unpaired) electrons. The third-order valence-corrected chi connectivity index (χ3v) is 2.53. The van der Waals surface area contributed by atoms with Crippen molar-refractivity contribution in [3.63, 3.8) is 0 Å². The van der Waals surface area contributed by atoms with Crippen molar-refractivity contribution < 1.29 is 4.39 Å². The third kappa shape index (κ3) is 1.97. The highest BCUT2D eigenvalue weighted by Gasteiger charge is 2.03. The van der Waals surface area contributed by atoms with Crippen LogP contribution in [0.25, 0.3) is 11.1 Å². The molecule has 2 aromatic carbocycles. The third-order valence-electron chi connectivity index (χ3n) is 2.53. The van der Waals surface area contributed by atoms with Crippen LogP contribution in [0.5, 0.6) is 0 Å². The Balaban J connectivity index is 2.53. The molecule has 0 spiro atoms. The van der Waals surface area contributed by atoms with Crippen molar-refractivity contribution in [2.45, 2.75) is 6.92 Å². The van der Waals surface area contributed by atoms with Crippen LogP contribution in [0.15, 0.2) is 42.5 Å². The van der Waals surface area contributed by atoms with E-state index in [1.54, 1.807) is 6.07 Å². The maximum absolute atomic E-state index is 13.1. The van der Waals surface area contributed by atoms with Crippen molar-refractivity contribution in [2.75, 3.05) is 0 Å². The number of benzene rings is 2. The molecule has 0 bridgehead atoms. The number of halogens is 1. The van der Waals surface area contributed by atoms with E-state index in [2.05, 4.69) is 5.92 Å². The second-order valence-corrected chi connectivity index (χ2v) is 3.68. The van der Waals surface area contributed by atoms with Gasteiger partial charge in [0, 0.05) is 5.56 Å². The summed E-state index contributed by atoms with van der Waals surface area (Å²) in [5.74, 6) is 2.36. The molecule has 0 aliphatic heterocycles. The molecule has 0 atom stereocenters. The molecule has 78 valence electrons. The van der Waals surface area contributed by atoms with E-state index in [1.807, 2.05) is 31.2 Å². The zero-order valence-electron chi connectivity index (χ0n) is 9.00.